The van der Waals surface area contributed by atoms with Crippen molar-refractivity contribution in [1.82, 2.24) is 34.2 Å². The van der Waals surface area contributed by atoms with Crippen LogP contribution in [0.15, 0.2) is 35.2 Å². The maximum atomic E-state index is 13.1. The van der Waals surface area contributed by atoms with Gasteiger partial charge in [-0.15, -0.1) is 15.3 Å². The third-order valence-corrected chi connectivity index (χ3v) is 7.65. The van der Waals surface area contributed by atoms with Crippen LogP contribution in [0.25, 0.3) is 5.82 Å². The van der Waals surface area contributed by atoms with Crippen molar-refractivity contribution >= 4 is 33.1 Å². The van der Waals surface area contributed by atoms with Crippen LogP contribution in [0, 0.1) is 6.92 Å². The lowest BCUT2D eigenvalue weighted by molar-refractivity contribution is 0.0761. The summed E-state index contributed by atoms with van der Waals surface area (Å²) < 4.78 is 22.5. The average Bonchev–Trinajstić information content (AvgIpc) is 3.38. The van der Waals surface area contributed by atoms with E-state index in [2.05, 4.69) is 29.1 Å². The van der Waals surface area contributed by atoms with E-state index < -0.39 is 15.6 Å². The Labute approximate surface area is 176 Å². The number of rotatable bonds is 3. The molecule has 13 heteroatoms. The van der Waals surface area contributed by atoms with E-state index in [4.69, 9.17) is 0 Å². The van der Waals surface area contributed by atoms with Crippen molar-refractivity contribution < 1.29 is 13.8 Å². The molecule has 3 aromatic heterocycles. The van der Waals surface area contributed by atoms with Gasteiger partial charge < -0.3 is 4.90 Å². The summed E-state index contributed by atoms with van der Waals surface area (Å²) in [4.78, 5) is 31.0. The van der Waals surface area contributed by atoms with E-state index in [-0.39, 0.29) is 29.7 Å². The molecule has 30 heavy (non-hydrogen) atoms. The lowest BCUT2D eigenvalue weighted by Crippen LogP contribution is -2.34. The molecule has 156 valence electrons. The van der Waals surface area contributed by atoms with Crippen molar-refractivity contribution in [3.8, 4) is 5.82 Å². The van der Waals surface area contributed by atoms with E-state index in [0.29, 0.717) is 29.4 Å². The van der Waals surface area contributed by atoms with Gasteiger partial charge in [-0.05, 0) is 37.0 Å². The predicted molar refractivity (Wildman–Crippen MR) is 109 cm³/mol. The quantitative estimate of drug-likeness (QED) is 0.581. The minimum Gasteiger partial charge on any atom is -0.336 e. The Morgan fingerprint density at radius 3 is 2.70 bits per heavy atom. The van der Waals surface area contributed by atoms with E-state index >= 15 is 0 Å². The largest absolute Gasteiger partial charge is 0.336 e. The molecule has 0 spiro atoms. The Morgan fingerprint density at radius 1 is 1.17 bits per heavy atom. The zero-order valence-corrected chi connectivity index (χ0v) is 17.7. The molecule has 0 aliphatic carbocycles. The Hall–Kier alpha value is -3.06. The second-order valence-corrected chi connectivity index (χ2v) is 9.96. The van der Waals surface area contributed by atoms with E-state index in [1.807, 2.05) is 0 Å². The molecule has 0 aromatic carbocycles. The normalized spacial score (nSPS) is 19.3. The van der Waals surface area contributed by atoms with Crippen molar-refractivity contribution in [2.75, 3.05) is 24.6 Å². The number of imidazole rings is 1. The fourth-order valence-electron chi connectivity index (χ4n) is 3.00. The first-order valence-corrected chi connectivity index (χ1v) is 11.7. The lowest BCUT2D eigenvalue weighted by atomic mass is 10.3. The molecular weight excluding hydrogens is 428 g/mol. The summed E-state index contributed by atoms with van der Waals surface area (Å²) in [6.07, 6.45) is 5.41. The molecule has 2 amide bonds. The molecule has 0 saturated carbocycles. The van der Waals surface area contributed by atoms with Crippen molar-refractivity contribution in [2.45, 2.75) is 13.3 Å². The smallest absolute Gasteiger partial charge is 0.298 e. The Kier molecular flexibility index (Phi) is 5.63. The number of amides is 2. The van der Waals surface area contributed by atoms with Crippen LogP contribution in [0.1, 0.15) is 32.3 Å². The second-order valence-electron chi connectivity index (χ2n) is 6.66. The van der Waals surface area contributed by atoms with E-state index in [1.54, 1.807) is 47.2 Å². The van der Waals surface area contributed by atoms with Crippen LogP contribution in [-0.4, -0.2) is 74.9 Å². The molecule has 4 rings (SSSR count). The summed E-state index contributed by atoms with van der Waals surface area (Å²) in [7, 11) is -2.77. The van der Waals surface area contributed by atoms with Crippen molar-refractivity contribution in [1.29, 1.82) is 0 Å². The molecule has 1 atom stereocenters. The van der Waals surface area contributed by atoms with Crippen LogP contribution >= 0.6 is 11.5 Å². The summed E-state index contributed by atoms with van der Waals surface area (Å²) in [5, 5.41) is 11.9. The van der Waals surface area contributed by atoms with Gasteiger partial charge >= 0.3 is 0 Å². The highest BCUT2D eigenvalue weighted by Gasteiger charge is 2.25. The third-order valence-electron chi connectivity index (χ3n) is 4.59. The van der Waals surface area contributed by atoms with Gasteiger partial charge in [0.05, 0.1) is 15.4 Å². The molecule has 1 fully saturated rings. The van der Waals surface area contributed by atoms with Crippen LogP contribution in [0.5, 0.6) is 0 Å². The van der Waals surface area contributed by atoms with Gasteiger partial charge in [-0.1, -0.05) is 4.49 Å². The number of aromatic nitrogens is 6. The monoisotopic (exact) mass is 446 g/mol. The molecule has 4 heterocycles. The molecule has 1 unspecified atom stereocenters. The number of hydrogen-bond acceptors (Lipinski definition) is 9. The zero-order chi connectivity index (χ0) is 21.1. The Morgan fingerprint density at radius 2 is 2.03 bits per heavy atom. The molecule has 0 radical (unpaired) electrons. The number of carbonyl (C=O) groups is 2. The van der Waals surface area contributed by atoms with Gasteiger partial charge in [-0.25, -0.2) is 9.19 Å². The van der Waals surface area contributed by atoms with Gasteiger partial charge in [-0.2, -0.15) is 4.36 Å². The van der Waals surface area contributed by atoms with Gasteiger partial charge in [0, 0.05) is 37.0 Å². The highest BCUT2D eigenvalue weighted by molar-refractivity contribution is 7.93. The van der Waals surface area contributed by atoms with Gasteiger partial charge in [-0.3, -0.25) is 14.2 Å². The summed E-state index contributed by atoms with van der Waals surface area (Å²) in [6.45, 7) is 2.29. The first-order valence-electron chi connectivity index (χ1n) is 9.12. The van der Waals surface area contributed by atoms with Crippen LogP contribution < -0.4 is 0 Å². The summed E-state index contributed by atoms with van der Waals surface area (Å²) in [5.41, 5.74) is 0.673. The van der Waals surface area contributed by atoms with Crippen molar-refractivity contribution in [3.63, 3.8) is 0 Å². The number of nitrogens with zero attached hydrogens (tertiary/aromatic N) is 8. The first kappa shape index (κ1) is 20.2. The summed E-state index contributed by atoms with van der Waals surface area (Å²) >= 11 is 0.938. The minimum absolute atomic E-state index is 0.121. The van der Waals surface area contributed by atoms with E-state index in [9.17, 15) is 13.8 Å². The van der Waals surface area contributed by atoms with E-state index in [1.165, 1.54) is 0 Å². The van der Waals surface area contributed by atoms with Crippen LogP contribution in [0.4, 0.5) is 0 Å². The second kappa shape index (κ2) is 8.36. The molecular formula is C17H18N8O3S2. The average molecular weight is 447 g/mol. The van der Waals surface area contributed by atoms with Gasteiger partial charge in [0.1, 0.15) is 11.2 Å². The molecule has 11 nitrogen and oxygen atoms in total. The fourth-order valence-corrected chi connectivity index (χ4v) is 5.46. The van der Waals surface area contributed by atoms with Crippen molar-refractivity contribution in [3.05, 3.63) is 47.1 Å². The SMILES string of the molecule is Cc1nnsc1C(=O)N=S1(=O)CCCN(C(=O)c2ccc(-n3ccnc3)nn2)CC1. The maximum absolute atomic E-state index is 13.1. The van der Waals surface area contributed by atoms with Crippen LogP contribution in [-0.2, 0) is 9.73 Å². The molecule has 0 bridgehead atoms. The predicted octanol–water partition coefficient (Wildman–Crippen LogP) is 0.977. The van der Waals surface area contributed by atoms with Gasteiger partial charge in [0.15, 0.2) is 11.5 Å². The lowest BCUT2D eigenvalue weighted by Gasteiger charge is -2.19. The number of hydrogen-bond donors (Lipinski definition) is 0. The third kappa shape index (κ3) is 4.26. The van der Waals surface area contributed by atoms with Gasteiger partial charge in [0.2, 0.25) is 0 Å². The fraction of sp³-hybridized carbons (Fsp3) is 0.353. The first-order chi connectivity index (χ1) is 14.5. The molecule has 3 aromatic rings. The zero-order valence-electron chi connectivity index (χ0n) is 16.0. The van der Waals surface area contributed by atoms with Gasteiger partial charge in [0.25, 0.3) is 11.8 Å². The van der Waals surface area contributed by atoms with Crippen LogP contribution in [0.2, 0.25) is 0 Å². The maximum Gasteiger partial charge on any atom is 0.298 e. The van der Waals surface area contributed by atoms with Crippen LogP contribution in [0.3, 0.4) is 0 Å². The topological polar surface area (TPSA) is 136 Å². The highest BCUT2D eigenvalue weighted by Crippen LogP contribution is 2.16. The molecule has 1 aliphatic rings. The number of aryl methyl sites for hydroxylation is 1. The standard InChI is InChI=1S/C17H18N8O3S2/c1-12-15(29-23-19-12)16(26)22-30(28)9-2-6-24(8-10-30)17(27)13-3-4-14(21-20-13)25-7-5-18-11-25/h3-5,7,11H,2,6,8-10H2,1H3. The molecule has 0 N–H and O–H groups in total. The number of carbonyl (C=O) groups excluding carboxylic acids is 2. The van der Waals surface area contributed by atoms with E-state index in [0.717, 1.165) is 11.5 Å². The summed E-state index contributed by atoms with van der Waals surface area (Å²) in [5.74, 6) is 0.0634. The molecule has 1 aliphatic heterocycles. The Bertz CT molecular complexity index is 1180. The minimum atomic E-state index is -2.77. The highest BCUT2D eigenvalue weighted by atomic mass is 32.2. The molecule has 1 saturated heterocycles. The van der Waals surface area contributed by atoms with Crippen molar-refractivity contribution in [2.24, 2.45) is 4.36 Å². The Balaban J connectivity index is 1.46. The summed E-state index contributed by atoms with van der Waals surface area (Å²) in [6, 6.07) is 3.28.